The van der Waals surface area contributed by atoms with Crippen LogP contribution in [0.15, 0.2) is 59.6 Å². The maximum absolute atomic E-state index is 10.6. The number of rotatable bonds is 2. The van der Waals surface area contributed by atoms with E-state index in [9.17, 15) is 5.21 Å². The van der Waals surface area contributed by atoms with E-state index in [1.807, 2.05) is 61.5 Å². The fourth-order valence-corrected chi connectivity index (χ4v) is 2.57. The van der Waals surface area contributed by atoms with Crippen LogP contribution in [0.5, 0.6) is 0 Å². The van der Waals surface area contributed by atoms with E-state index >= 15 is 0 Å². The first-order valence-electron chi connectivity index (χ1n) is 6.45. The molecule has 0 bridgehead atoms. The Labute approximate surface area is 122 Å². The molecule has 0 saturated carbocycles. The average Bonchev–Trinajstić information content (AvgIpc) is 2.49. The van der Waals surface area contributed by atoms with Gasteiger partial charge in [-0.25, -0.2) is 5.06 Å². The Kier molecular flexibility index (Phi) is 3.24. The van der Waals surface area contributed by atoms with Crippen molar-refractivity contribution >= 4 is 17.3 Å². The predicted octanol–water partition coefficient (Wildman–Crippen LogP) is 2.12. The Hall–Kier alpha value is -1.84. The van der Waals surface area contributed by atoms with Gasteiger partial charge in [0.25, 0.3) is 0 Å². The standard InChI is InChI=1S/C16H15ClN2O/c1-16(11-17)18-14-10-6-5-9-13(14)15(19(16)20)12-7-3-2-4-8-12/h2-10,20H,11H2,1H3. The van der Waals surface area contributed by atoms with Gasteiger partial charge in [0.1, 0.15) is 0 Å². The second-order valence-corrected chi connectivity index (χ2v) is 5.27. The molecule has 3 rings (SSSR count). The first-order chi connectivity index (χ1) is 9.65. The molecule has 1 aliphatic rings. The minimum Gasteiger partial charge on any atom is -0.286 e. The number of hydrogen-bond donors (Lipinski definition) is 1. The molecule has 0 amide bonds. The van der Waals surface area contributed by atoms with Crippen molar-refractivity contribution in [2.24, 2.45) is 4.99 Å². The third-order valence-corrected chi connectivity index (χ3v) is 4.00. The van der Waals surface area contributed by atoms with Gasteiger partial charge < -0.3 is 0 Å². The van der Waals surface area contributed by atoms with E-state index in [-0.39, 0.29) is 5.88 Å². The van der Waals surface area contributed by atoms with Crippen LogP contribution in [0, 0.1) is 0 Å². The van der Waals surface area contributed by atoms with Crippen LogP contribution in [0.3, 0.4) is 0 Å². The minimum absolute atomic E-state index is 0.203. The van der Waals surface area contributed by atoms with Crippen molar-refractivity contribution in [3.05, 3.63) is 70.7 Å². The highest BCUT2D eigenvalue weighted by Crippen LogP contribution is 2.26. The highest BCUT2D eigenvalue weighted by molar-refractivity contribution is 6.18. The summed E-state index contributed by atoms with van der Waals surface area (Å²) in [5, 5.41) is 13.5. The molecular formula is C16H15ClN2O. The lowest BCUT2D eigenvalue weighted by Gasteiger charge is -2.37. The normalized spacial score (nSPS) is 21.4. The lowest BCUT2D eigenvalue weighted by Crippen LogP contribution is -2.52. The van der Waals surface area contributed by atoms with Crippen molar-refractivity contribution in [3.8, 4) is 0 Å². The Bertz CT molecular complexity index is 745. The zero-order chi connectivity index (χ0) is 14.2. The molecule has 1 aliphatic heterocycles. The molecule has 4 heteroatoms. The van der Waals surface area contributed by atoms with Gasteiger partial charge in [0.15, 0.2) is 5.66 Å². The van der Waals surface area contributed by atoms with E-state index in [1.54, 1.807) is 0 Å². The van der Waals surface area contributed by atoms with Gasteiger partial charge in [-0.05, 0) is 13.0 Å². The molecule has 3 nitrogen and oxygen atoms in total. The molecule has 1 N–H and O–H groups in total. The molecule has 20 heavy (non-hydrogen) atoms. The van der Waals surface area contributed by atoms with Crippen molar-refractivity contribution in [2.75, 3.05) is 5.88 Å². The van der Waals surface area contributed by atoms with E-state index in [4.69, 9.17) is 11.6 Å². The first-order valence-corrected chi connectivity index (χ1v) is 6.99. The Morgan fingerprint density at radius 3 is 2.45 bits per heavy atom. The molecule has 0 saturated heterocycles. The minimum atomic E-state index is -0.860. The summed E-state index contributed by atoms with van der Waals surface area (Å²) in [4.78, 5) is 4.58. The number of para-hydroxylation sites is 1. The number of alkyl halides is 1. The second kappa shape index (κ2) is 4.93. The SMILES string of the molecule is CC1(CCl)N=c2ccccc2=C(c2ccccc2)N1O. The third-order valence-electron chi connectivity index (χ3n) is 3.49. The van der Waals surface area contributed by atoms with E-state index in [1.165, 1.54) is 5.06 Å². The van der Waals surface area contributed by atoms with Crippen LogP contribution in [0.4, 0.5) is 0 Å². The van der Waals surface area contributed by atoms with Gasteiger partial charge in [-0.3, -0.25) is 10.2 Å². The molecule has 1 atom stereocenters. The molecule has 102 valence electrons. The number of halogens is 1. The van der Waals surface area contributed by atoms with Crippen LogP contribution in [0.25, 0.3) is 5.70 Å². The summed E-state index contributed by atoms with van der Waals surface area (Å²) in [5.74, 6) is 0.203. The number of hydroxylamine groups is 2. The Morgan fingerprint density at radius 2 is 1.75 bits per heavy atom. The summed E-state index contributed by atoms with van der Waals surface area (Å²) in [6.07, 6.45) is 0. The fraction of sp³-hybridized carbons (Fsp3) is 0.188. The van der Waals surface area contributed by atoms with Gasteiger partial charge in [0.2, 0.25) is 0 Å². The van der Waals surface area contributed by atoms with Gasteiger partial charge in [-0.15, -0.1) is 11.6 Å². The third kappa shape index (κ3) is 1.99. The quantitative estimate of drug-likeness (QED) is 0.859. The maximum atomic E-state index is 10.6. The van der Waals surface area contributed by atoms with Crippen molar-refractivity contribution < 1.29 is 5.21 Å². The van der Waals surface area contributed by atoms with Crippen LogP contribution < -0.4 is 10.6 Å². The summed E-state index contributed by atoms with van der Waals surface area (Å²) in [6.45, 7) is 1.82. The molecule has 2 aromatic rings. The zero-order valence-electron chi connectivity index (χ0n) is 11.1. The summed E-state index contributed by atoms with van der Waals surface area (Å²) in [6, 6.07) is 17.6. The zero-order valence-corrected chi connectivity index (χ0v) is 11.9. The topological polar surface area (TPSA) is 35.8 Å². The highest BCUT2D eigenvalue weighted by Gasteiger charge is 2.34. The Morgan fingerprint density at radius 1 is 1.10 bits per heavy atom. The maximum Gasteiger partial charge on any atom is 0.167 e. The average molecular weight is 287 g/mol. The first kappa shape index (κ1) is 13.2. The summed E-state index contributed by atoms with van der Waals surface area (Å²) >= 11 is 6.03. The van der Waals surface area contributed by atoms with E-state index in [0.717, 1.165) is 21.8 Å². The molecule has 0 fully saturated rings. The number of hydrogen-bond acceptors (Lipinski definition) is 3. The largest absolute Gasteiger partial charge is 0.286 e. The number of nitrogens with zero attached hydrogens (tertiary/aromatic N) is 2. The molecular weight excluding hydrogens is 272 g/mol. The molecule has 0 spiro atoms. The van der Waals surface area contributed by atoms with Gasteiger partial charge in [-0.2, -0.15) is 0 Å². The van der Waals surface area contributed by atoms with Crippen LogP contribution in [-0.4, -0.2) is 21.8 Å². The van der Waals surface area contributed by atoms with Crippen LogP contribution in [0.2, 0.25) is 0 Å². The summed E-state index contributed by atoms with van der Waals surface area (Å²) < 4.78 is 0. The van der Waals surface area contributed by atoms with E-state index in [0.29, 0.717) is 0 Å². The van der Waals surface area contributed by atoms with Crippen molar-refractivity contribution in [2.45, 2.75) is 12.6 Å². The van der Waals surface area contributed by atoms with Crippen LogP contribution in [-0.2, 0) is 0 Å². The Balaban J connectivity index is 2.38. The lowest BCUT2D eigenvalue weighted by atomic mass is 10.0. The second-order valence-electron chi connectivity index (χ2n) is 5.01. The van der Waals surface area contributed by atoms with E-state index in [2.05, 4.69) is 4.99 Å². The molecule has 1 unspecified atom stereocenters. The van der Waals surface area contributed by atoms with Gasteiger partial charge in [0.05, 0.1) is 16.9 Å². The number of benzene rings is 2. The monoisotopic (exact) mass is 286 g/mol. The van der Waals surface area contributed by atoms with Crippen LogP contribution in [0.1, 0.15) is 12.5 Å². The molecule has 0 aromatic heterocycles. The van der Waals surface area contributed by atoms with Crippen molar-refractivity contribution in [1.29, 1.82) is 0 Å². The summed E-state index contributed by atoms with van der Waals surface area (Å²) in [5.41, 5.74) is 0.814. The highest BCUT2D eigenvalue weighted by atomic mass is 35.5. The van der Waals surface area contributed by atoms with Crippen molar-refractivity contribution in [3.63, 3.8) is 0 Å². The molecule has 1 heterocycles. The molecule has 2 aromatic carbocycles. The van der Waals surface area contributed by atoms with Gasteiger partial charge in [-0.1, -0.05) is 48.5 Å². The smallest absolute Gasteiger partial charge is 0.167 e. The van der Waals surface area contributed by atoms with E-state index < -0.39 is 5.66 Å². The van der Waals surface area contributed by atoms with Crippen LogP contribution >= 0.6 is 11.6 Å². The van der Waals surface area contributed by atoms with Gasteiger partial charge >= 0.3 is 0 Å². The fourth-order valence-electron chi connectivity index (χ4n) is 2.39. The van der Waals surface area contributed by atoms with Crippen molar-refractivity contribution in [1.82, 2.24) is 5.06 Å². The summed E-state index contributed by atoms with van der Waals surface area (Å²) in [7, 11) is 0. The molecule has 0 aliphatic carbocycles. The lowest BCUT2D eigenvalue weighted by molar-refractivity contribution is -0.103. The number of fused-ring (bicyclic) bond motifs is 1. The predicted molar refractivity (Wildman–Crippen MR) is 78.9 cm³/mol. The molecule has 0 radical (unpaired) electrons. The van der Waals surface area contributed by atoms with Gasteiger partial charge in [0, 0.05) is 10.8 Å².